The lowest BCUT2D eigenvalue weighted by molar-refractivity contribution is -0.143. The number of benzene rings is 2. The van der Waals surface area contributed by atoms with Crippen LogP contribution in [0.1, 0.15) is 30.4 Å². The molecule has 0 bridgehead atoms. The van der Waals surface area contributed by atoms with E-state index < -0.39 is 59.9 Å². The summed E-state index contributed by atoms with van der Waals surface area (Å²) in [5.74, 6) is -4.62. The molecule has 0 unspecified atom stereocenters. The largest absolute Gasteiger partial charge is 0.508 e. The molecule has 2 aromatic carbocycles. The standard InChI is InChI=1S/C27H32N4O8/c28-19(14-23(34)35)24(36)25(37)21(13-16-5-9-18(33)10-6-16)30-26(38)22-2-1-11-31(22)27(39)20(29)12-15-3-7-17(32)8-4-15/h3-10,19-22,32-33H,1-2,11-14,28-29H2,(H,30,38)(H,34,35)/t19-,20-,21-,22-/m0/s1. The summed E-state index contributed by atoms with van der Waals surface area (Å²) in [6.07, 6.45) is 0.137. The van der Waals surface area contributed by atoms with E-state index in [1.54, 1.807) is 12.1 Å². The van der Waals surface area contributed by atoms with E-state index >= 15 is 0 Å². The van der Waals surface area contributed by atoms with Gasteiger partial charge in [-0.1, -0.05) is 24.3 Å². The van der Waals surface area contributed by atoms with Crippen molar-refractivity contribution >= 4 is 29.4 Å². The van der Waals surface area contributed by atoms with Crippen LogP contribution in [0.3, 0.4) is 0 Å². The normalized spacial score (nSPS) is 17.2. The molecule has 12 heteroatoms. The maximum atomic E-state index is 13.3. The van der Waals surface area contributed by atoms with Crippen LogP contribution >= 0.6 is 0 Å². The number of hydrogen-bond acceptors (Lipinski definition) is 9. The number of carbonyl (C=O) groups excluding carboxylic acids is 4. The molecule has 1 fully saturated rings. The molecule has 0 aliphatic carbocycles. The van der Waals surface area contributed by atoms with Crippen molar-refractivity contribution in [2.75, 3.05) is 6.54 Å². The molecule has 4 atom stereocenters. The second-order valence-corrected chi connectivity index (χ2v) is 9.53. The van der Waals surface area contributed by atoms with Crippen LogP contribution in [0.4, 0.5) is 0 Å². The van der Waals surface area contributed by atoms with Crippen LogP contribution in [-0.2, 0) is 36.8 Å². The number of Topliss-reactive ketones (excluding diaryl/α,β-unsaturated/α-hetero) is 2. The molecule has 1 heterocycles. The molecule has 2 amide bonds. The van der Waals surface area contributed by atoms with Crippen molar-refractivity contribution in [3.05, 3.63) is 59.7 Å². The third-order valence-corrected chi connectivity index (χ3v) is 6.53. The molecular formula is C27H32N4O8. The molecule has 12 nitrogen and oxygen atoms in total. The molecular weight excluding hydrogens is 508 g/mol. The molecule has 2 aromatic rings. The smallest absolute Gasteiger partial charge is 0.305 e. The molecule has 8 N–H and O–H groups in total. The van der Waals surface area contributed by atoms with Gasteiger partial charge in [0.15, 0.2) is 0 Å². The van der Waals surface area contributed by atoms with Gasteiger partial charge in [0.05, 0.1) is 24.5 Å². The fraction of sp³-hybridized carbons (Fsp3) is 0.370. The van der Waals surface area contributed by atoms with Gasteiger partial charge in [0.2, 0.25) is 23.4 Å². The average Bonchev–Trinajstić information content (AvgIpc) is 3.39. The quantitative estimate of drug-likeness (QED) is 0.192. The summed E-state index contributed by atoms with van der Waals surface area (Å²) < 4.78 is 0. The van der Waals surface area contributed by atoms with Crippen molar-refractivity contribution in [3.8, 4) is 11.5 Å². The lowest BCUT2D eigenvalue weighted by atomic mass is 9.95. The van der Waals surface area contributed by atoms with Gasteiger partial charge in [0.25, 0.3) is 0 Å². The Morgan fingerprint density at radius 1 is 0.846 bits per heavy atom. The Morgan fingerprint density at radius 2 is 1.38 bits per heavy atom. The van der Waals surface area contributed by atoms with Crippen molar-refractivity contribution in [2.45, 2.75) is 56.3 Å². The number of carboxylic acid groups (broad SMARTS) is 1. The van der Waals surface area contributed by atoms with E-state index in [9.17, 15) is 34.2 Å². The van der Waals surface area contributed by atoms with E-state index in [4.69, 9.17) is 16.6 Å². The first-order valence-electron chi connectivity index (χ1n) is 12.4. The summed E-state index contributed by atoms with van der Waals surface area (Å²) in [4.78, 5) is 64.4. The molecule has 1 saturated heterocycles. The van der Waals surface area contributed by atoms with Crippen LogP contribution in [0.15, 0.2) is 48.5 Å². The monoisotopic (exact) mass is 540 g/mol. The third kappa shape index (κ3) is 7.85. The highest BCUT2D eigenvalue weighted by atomic mass is 16.4. The number of nitrogens with one attached hydrogen (secondary N) is 1. The summed E-state index contributed by atoms with van der Waals surface area (Å²) in [6.45, 7) is 0.277. The van der Waals surface area contributed by atoms with E-state index in [-0.39, 0.29) is 30.9 Å². The Bertz CT molecular complexity index is 1220. The summed E-state index contributed by atoms with van der Waals surface area (Å²) >= 11 is 0. The Kier molecular flexibility index (Phi) is 9.74. The Balaban J connectivity index is 1.75. The van der Waals surface area contributed by atoms with E-state index in [0.29, 0.717) is 18.4 Å². The summed E-state index contributed by atoms with van der Waals surface area (Å²) in [5, 5.41) is 30.5. The fourth-order valence-corrected chi connectivity index (χ4v) is 4.47. The number of phenolic OH excluding ortho intramolecular Hbond substituents is 2. The molecule has 0 aromatic heterocycles. The van der Waals surface area contributed by atoms with Crippen molar-refractivity contribution in [1.82, 2.24) is 10.2 Å². The first-order valence-corrected chi connectivity index (χ1v) is 12.4. The van der Waals surface area contributed by atoms with Crippen LogP contribution in [0.5, 0.6) is 11.5 Å². The molecule has 208 valence electrons. The number of phenols is 2. The zero-order valence-corrected chi connectivity index (χ0v) is 21.2. The summed E-state index contributed by atoms with van der Waals surface area (Å²) in [6, 6.07) is 7.18. The van der Waals surface area contributed by atoms with E-state index in [2.05, 4.69) is 5.32 Å². The molecule has 1 aliphatic heterocycles. The van der Waals surface area contributed by atoms with Gasteiger partial charge in [-0.25, -0.2) is 0 Å². The first-order chi connectivity index (χ1) is 18.5. The third-order valence-electron chi connectivity index (χ3n) is 6.53. The van der Waals surface area contributed by atoms with Gasteiger partial charge in [0.1, 0.15) is 17.5 Å². The molecule has 0 spiro atoms. The number of amides is 2. The first kappa shape index (κ1) is 29.3. The highest BCUT2D eigenvalue weighted by Gasteiger charge is 2.39. The van der Waals surface area contributed by atoms with Gasteiger partial charge in [-0.15, -0.1) is 0 Å². The van der Waals surface area contributed by atoms with Crippen molar-refractivity contribution in [2.24, 2.45) is 11.5 Å². The zero-order valence-electron chi connectivity index (χ0n) is 21.2. The lowest BCUT2D eigenvalue weighted by Crippen LogP contribution is -2.56. The van der Waals surface area contributed by atoms with E-state index in [0.717, 1.165) is 5.56 Å². The molecule has 39 heavy (non-hydrogen) atoms. The Morgan fingerprint density at radius 3 is 1.92 bits per heavy atom. The van der Waals surface area contributed by atoms with E-state index in [1.165, 1.54) is 41.3 Å². The molecule has 1 aliphatic rings. The SMILES string of the molecule is N[C@@H](CC(=O)O)C(=O)C(=O)[C@H](Cc1ccc(O)cc1)NC(=O)[C@@H]1CCCN1C(=O)[C@@H](N)Cc1ccc(O)cc1. The number of carbonyl (C=O) groups is 5. The lowest BCUT2D eigenvalue weighted by Gasteiger charge is -2.28. The van der Waals surface area contributed by atoms with Crippen LogP contribution in [0.25, 0.3) is 0 Å². The number of aliphatic carboxylic acids is 1. The van der Waals surface area contributed by atoms with Gasteiger partial charge < -0.3 is 37.0 Å². The number of likely N-dealkylation sites (tertiary alicyclic amines) is 1. The molecule has 3 rings (SSSR count). The predicted molar refractivity (Wildman–Crippen MR) is 139 cm³/mol. The maximum Gasteiger partial charge on any atom is 0.305 e. The number of nitrogens with zero attached hydrogens (tertiary/aromatic N) is 1. The van der Waals surface area contributed by atoms with E-state index in [1.807, 2.05) is 0 Å². The Hall–Kier alpha value is -4.29. The highest BCUT2D eigenvalue weighted by Crippen LogP contribution is 2.21. The second kappa shape index (κ2) is 13.0. The number of nitrogens with two attached hydrogens (primary N) is 2. The molecule has 0 saturated carbocycles. The maximum absolute atomic E-state index is 13.3. The number of carboxylic acids is 1. The minimum absolute atomic E-state index is 0.0195. The van der Waals surface area contributed by atoms with Gasteiger partial charge in [0, 0.05) is 13.0 Å². The van der Waals surface area contributed by atoms with Crippen LogP contribution in [0, 0.1) is 0 Å². The van der Waals surface area contributed by atoms with Gasteiger partial charge in [-0.05, 0) is 54.7 Å². The fourth-order valence-electron chi connectivity index (χ4n) is 4.47. The van der Waals surface area contributed by atoms with Crippen molar-refractivity contribution in [3.63, 3.8) is 0 Å². The Labute approximate surface area is 224 Å². The number of rotatable bonds is 12. The minimum atomic E-state index is -1.59. The van der Waals surface area contributed by atoms with Crippen molar-refractivity contribution in [1.29, 1.82) is 0 Å². The van der Waals surface area contributed by atoms with Crippen LogP contribution in [-0.4, -0.2) is 80.3 Å². The predicted octanol–water partition coefficient (Wildman–Crippen LogP) is -0.374. The number of aromatic hydroxyl groups is 2. The highest BCUT2D eigenvalue weighted by molar-refractivity contribution is 6.41. The second-order valence-electron chi connectivity index (χ2n) is 9.53. The summed E-state index contributed by atoms with van der Waals surface area (Å²) in [7, 11) is 0. The van der Waals surface area contributed by atoms with Gasteiger partial charge >= 0.3 is 5.97 Å². The minimum Gasteiger partial charge on any atom is -0.508 e. The average molecular weight is 541 g/mol. The summed E-state index contributed by atoms with van der Waals surface area (Å²) in [5.41, 5.74) is 13.0. The van der Waals surface area contributed by atoms with Crippen LogP contribution in [0.2, 0.25) is 0 Å². The van der Waals surface area contributed by atoms with Gasteiger partial charge in [-0.3, -0.25) is 24.0 Å². The zero-order chi connectivity index (χ0) is 28.7. The number of ketones is 2. The van der Waals surface area contributed by atoms with Crippen molar-refractivity contribution < 1.29 is 39.3 Å². The van der Waals surface area contributed by atoms with Gasteiger partial charge in [-0.2, -0.15) is 0 Å². The topological polar surface area (TPSA) is 213 Å². The number of hydrogen-bond donors (Lipinski definition) is 6. The van der Waals surface area contributed by atoms with Crippen LogP contribution < -0.4 is 16.8 Å². The molecule has 0 radical (unpaired) electrons.